The number of aryl methyl sites for hydroxylation is 1. The molecule has 0 heterocycles. The quantitative estimate of drug-likeness (QED) is 0.441. The molecule has 7 nitrogen and oxygen atoms in total. The number of methoxy groups -OCH3 is 2. The van der Waals surface area contributed by atoms with Gasteiger partial charge in [0.25, 0.3) is 5.91 Å². The molecule has 7 heteroatoms. The zero-order valence-corrected chi connectivity index (χ0v) is 19.1. The lowest BCUT2D eigenvalue weighted by Gasteiger charge is -2.13. The number of anilines is 1. The van der Waals surface area contributed by atoms with Crippen molar-refractivity contribution in [1.29, 1.82) is 0 Å². The van der Waals surface area contributed by atoms with Crippen LogP contribution in [0.4, 0.5) is 5.69 Å². The molecule has 0 aromatic heterocycles. The Hall–Kier alpha value is -4.00. The number of para-hydroxylation sites is 1. The van der Waals surface area contributed by atoms with Crippen LogP contribution in [0.3, 0.4) is 0 Å². The summed E-state index contributed by atoms with van der Waals surface area (Å²) in [6.45, 7) is 2.84. The highest BCUT2D eigenvalue weighted by atomic mass is 16.5. The van der Waals surface area contributed by atoms with Gasteiger partial charge in [0.2, 0.25) is 5.91 Å². The Morgan fingerprint density at radius 1 is 0.788 bits per heavy atom. The van der Waals surface area contributed by atoms with Crippen molar-refractivity contribution in [2.75, 3.05) is 26.1 Å². The van der Waals surface area contributed by atoms with E-state index >= 15 is 0 Å². The highest BCUT2D eigenvalue weighted by Crippen LogP contribution is 2.27. The first kappa shape index (κ1) is 23.7. The first-order chi connectivity index (χ1) is 16.0. The Kier molecular flexibility index (Phi) is 8.30. The van der Waals surface area contributed by atoms with Crippen LogP contribution in [0, 0.1) is 6.92 Å². The summed E-state index contributed by atoms with van der Waals surface area (Å²) in [6.07, 6.45) is 0. The Morgan fingerprint density at radius 2 is 1.45 bits per heavy atom. The maximum Gasteiger partial charge on any atom is 0.253 e. The van der Waals surface area contributed by atoms with Gasteiger partial charge in [0.05, 0.1) is 26.3 Å². The third-order valence-corrected chi connectivity index (χ3v) is 5.12. The van der Waals surface area contributed by atoms with E-state index < -0.39 is 0 Å². The minimum atomic E-state index is -0.204. The molecule has 0 aliphatic rings. The number of amides is 2. The third kappa shape index (κ3) is 6.74. The van der Waals surface area contributed by atoms with Crippen LogP contribution in [0.2, 0.25) is 0 Å². The monoisotopic (exact) mass is 447 g/mol. The highest BCUT2D eigenvalue weighted by molar-refractivity contribution is 6.00. The maximum atomic E-state index is 12.7. The second-order valence-corrected chi connectivity index (χ2v) is 7.53. The van der Waals surface area contributed by atoms with Crippen molar-refractivity contribution in [3.8, 4) is 11.5 Å². The van der Waals surface area contributed by atoms with Gasteiger partial charge in [0.15, 0.2) is 11.5 Å². The van der Waals surface area contributed by atoms with E-state index in [1.165, 1.54) is 5.56 Å². The van der Waals surface area contributed by atoms with Gasteiger partial charge < -0.3 is 25.4 Å². The van der Waals surface area contributed by atoms with Crippen LogP contribution < -0.4 is 25.4 Å². The largest absolute Gasteiger partial charge is 0.493 e. The summed E-state index contributed by atoms with van der Waals surface area (Å²) in [5.74, 6) is 0.837. The Bertz CT molecular complexity index is 1100. The van der Waals surface area contributed by atoms with Crippen LogP contribution in [0.1, 0.15) is 27.0 Å². The molecular formula is C26H29N3O4. The van der Waals surface area contributed by atoms with E-state index in [1.807, 2.05) is 49.4 Å². The van der Waals surface area contributed by atoms with Crippen molar-refractivity contribution in [1.82, 2.24) is 10.6 Å². The molecule has 0 spiro atoms. The molecule has 3 N–H and O–H groups in total. The van der Waals surface area contributed by atoms with Crippen LogP contribution >= 0.6 is 0 Å². The highest BCUT2D eigenvalue weighted by Gasteiger charge is 2.12. The summed E-state index contributed by atoms with van der Waals surface area (Å²) in [5.41, 5.74) is 4.16. The van der Waals surface area contributed by atoms with E-state index in [4.69, 9.17) is 9.47 Å². The molecule has 3 aromatic carbocycles. The summed E-state index contributed by atoms with van der Waals surface area (Å²) in [4.78, 5) is 25.1. The lowest BCUT2D eigenvalue weighted by atomic mass is 10.1. The minimum Gasteiger partial charge on any atom is -0.493 e. The summed E-state index contributed by atoms with van der Waals surface area (Å²) in [5, 5.41) is 8.85. The number of carbonyl (C=O) groups is 2. The Morgan fingerprint density at radius 3 is 2.18 bits per heavy atom. The smallest absolute Gasteiger partial charge is 0.253 e. The van der Waals surface area contributed by atoms with Crippen molar-refractivity contribution in [3.05, 3.63) is 89.0 Å². The van der Waals surface area contributed by atoms with Crippen molar-refractivity contribution in [2.45, 2.75) is 20.0 Å². The Labute approximate surface area is 194 Å². The van der Waals surface area contributed by atoms with E-state index in [1.54, 1.807) is 38.5 Å². The van der Waals surface area contributed by atoms with Crippen LogP contribution in [-0.2, 0) is 17.9 Å². The molecule has 3 rings (SSSR count). The van der Waals surface area contributed by atoms with E-state index in [2.05, 4.69) is 16.0 Å². The lowest BCUT2D eigenvalue weighted by molar-refractivity contribution is -0.119. The lowest BCUT2D eigenvalue weighted by Crippen LogP contribution is -2.30. The van der Waals surface area contributed by atoms with Gasteiger partial charge in [-0.2, -0.15) is 0 Å². The molecule has 0 radical (unpaired) electrons. The van der Waals surface area contributed by atoms with Gasteiger partial charge in [-0.15, -0.1) is 0 Å². The molecule has 172 valence electrons. The van der Waals surface area contributed by atoms with E-state index in [9.17, 15) is 9.59 Å². The number of carbonyl (C=O) groups excluding carboxylic acids is 2. The fourth-order valence-corrected chi connectivity index (χ4v) is 3.25. The summed E-state index contributed by atoms with van der Waals surface area (Å²) < 4.78 is 10.5. The van der Waals surface area contributed by atoms with Crippen molar-refractivity contribution >= 4 is 17.5 Å². The maximum absolute atomic E-state index is 12.7. The molecular weight excluding hydrogens is 418 g/mol. The van der Waals surface area contributed by atoms with Gasteiger partial charge in [-0.25, -0.2) is 0 Å². The van der Waals surface area contributed by atoms with Crippen molar-refractivity contribution in [2.24, 2.45) is 0 Å². The zero-order chi connectivity index (χ0) is 23.6. The van der Waals surface area contributed by atoms with Crippen LogP contribution in [0.15, 0.2) is 66.7 Å². The second-order valence-electron chi connectivity index (χ2n) is 7.53. The van der Waals surface area contributed by atoms with Gasteiger partial charge in [-0.3, -0.25) is 9.59 Å². The molecule has 0 fully saturated rings. The summed E-state index contributed by atoms with van der Waals surface area (Å²) in [6, 6.07) is 20.6. The molecule has 3 aromatic rings. The minimum absolute atomic E-state index is 0.0372. The molecule has 0 saturated carbocycles. The van der Waals surface area contributed by atoms with E-state index in [-0.39, 0.29) is 18.4 Å². The van der Waals surface area contributed by atoms with Crippen molar-refractivity contribution < 1.29 is 19.1 Å². The topological polar surface area (TPSA) is 88.7 Å². The number of ether oxygens (including phenoxy) is 2. The van der Waals surface area contributed by atoms with Crippen molar-refractivity contribution in [3.63, 3.8) is 0 Å². The second kappa shape index (κ2) is 11.6. The Balaban J connectivity index is 1.53. The number of rotatable bonds is 10. The normalized spacial score (nSPS) is 10.3. The summed E-state index contributed by atoms with van der Waals surface area (Å²) in [7, 11) is 3.14. The SMILES string of the molecule is COc1ccc(CNC(=O)CNc2ccccc2C(=O)NCc2ccc(C)cc2)cc1OC. The number of hydrogen-bond donors (Lipinski definition) is 3. The first-order valence-corrected chi connectivity index (χ1v) is 10.6. The standard InChI is InChI=1S/C26H29N3O4/c1-18-8-10-19(11-9-18)15-29-26(31)21-6-4-5-7-22(21)27-17-25(30)28-16-20-12-13-23(32-2)24(14-20)33-3/h4-14,27H,15-17H2,1-3H3,(H,28,30)(H,29,31). The molecule has 0 aliphatic heterocycles. The molecule has 0 atom stereocenters. The molecule has 0 aliphatic carbocycles. The molecule has 33 heavy (non-hydrogen) atoms. The van der Waals surface area contributed by atoms with Crippen LogP contribution in [0.5, 0.6) is 11.5 Å². The number of benzene rings is 3. The zero-order valence-electron chi connectivity index (χ0n) is 19.1. The van der Waals surface area contributed by atoms with Gasteiger partial charge in [-0.05, 0) is 42.3 Å². The molecule has 2 amide bonds. The number of hydrogen-bond acceptors (Lipinski definition) is 5. The fourth-order valence-electron chi connectivity index (χ4n) is 3.25. The average molecular weight is 448 g/mol. The van der Waals surface area contributed by atoms with Gasteiger partial charge in [0, 0.05) is 18.8 Å². The van der Waals surface area contributed by atoms with Gasteiger partial charge in [0.1, 0.15) is 0 Å². The van der Waals surface area contributed by atoms with Crippen LogP contribution in [-0.4, -0.2) is 32.6 Å². The fraction of sp³-hybridized carbons (Fsp3) is 0.231. The first-order valence-electron chi connectivity index (χ1n) is 10.6. The van der Waals surface area contributed by atoms with Gasteiger partial charge in [-0.1, -0.05) is 48.0 Å². The van der Waals surface area contributed by atoms with Crippen LogP contribution in [0.25, 0.3) is 0 Å². The number of nitrogens with one attached hydrogen (secondary N) is 3. The molecule has 0 bridgehead atoms. The predicted octanol–water partition coefficient (Wildman–Crippen LogP) is 3.67. The van der Waals surface area contributed by atoms with Gasteiger partial charge >= 0.3 is 0 Å². The van der Waals surface area contributed by atoms with E-state index in [0.29, 0.717) is 35.8 Å². The molecule has 0 saturated heterocycles. The predicted molar refractivity (Wildman–Crippen MR) is 129 cm³/mol. The third-order valence-electron chi connectivity index (χ3n) is 5.12. The summed E-state index contributed by atoms with van der Waals surface area (Å²) >= 11 is 0. The van der Waals surface area contributed by atoms with E-state index in [0.717, 1.165) is 11.1 Å². The average Bonchev–Trinajstić information content (AvgIpc) is 2.85. The molecule has 0 unspecified atom stereocenters.